The van der Waals surface area contributed by atoms with Crippen molar-refractivity contribution in [3.05, 3.63) is 28.5 Å². The number of nitrogens with zero attached hydrogens (tertiary/aromatic N) is 2. The van der Waals surface area contributed by atoms with Gasteiger partial charge in [-0.2, -0.15) is 0 Å². The molecule has 96 valence electrons. The van der Waals surface area contributed by atoms with Crippen LogP contribution in [-0.4, -0.2) is 16.2 Å². The molecule has 0 bridgehead atoms. The van der Waals surface area contributed by atoms with Crippen LogP contribution in [0.15, 0.2) is 22.7 Å². The van der Waals surface area contributed by atoms with Crippen molar-refractivity contribution in [2.75, 3.05) is 6.61 Å². The highest BCUT2D eigenvalue weighted by molar-refractivity contribution is 9.10. The van der Waals surface area contributed by atoms with Gasteiger partial charge in [-0.1, -0.05) is 22.9 Å². The van der Waals surface area contributed by atoms with Crippen molar-refractivity contribution in [1.82, 2.24) is 9.55 Å². The zero-order chi connectivity index (χ0) is 12.8. The molecule has 0 aliphatic heterocycles. The van der Waals surface area contributed by atoms with Crippen LogP contribution in [0.4, 0.5) is 0 Å². The van der Waals surface area contributed by atoms with Gasteiger partial charge in [0.1, 0.15) is 12.4 Å². The highest BCUT2D eigenvalue weighted by Crippen LogP contribution is 2.45. The van der Waals surface area contributed by atoms with Crippen molar-refractivity contribution in [3.63, 3.8) is 0 Å². The molecule has 4 heteroatoms. The maximum atomic E-state index is 5.79. The summed E-state index contributed by atoms with van der Waals surface area (Å²) in [6.07, 6.45) is 2.59. The first-order valence-electron chi connectivity index (χ1n) is 6.26. The molecule has 0 N–H and O–H groups in total. The Bertz CT molecular complexity index is 587. The van der Waals surface area contributed by atoms with Gasteiger partial charge in [0.05, 0.1) is 17.6 Å². The number of rotatable bonds is 4. The first kappa shape index (κ1) is 12.2. The van der Waals surface area contributed by atoms with Crippen LogP contribution >= 0.6 is 15.9 Å². The number of hydrogen-bond donors (Lipinski definition) is 0. The van der Waals surface area contributed by atoms with Gasteiger partial charge in [0.25, 0.3) is 0 Å². The number of aryl methyl sites for hydroxylation is 1. The number of halogens is 1. The third-order valence-corrected chi connectivity index (χ3v) is 4.21. The summed E-state index contributed by atoms with van der Waals surface area (Å²) >= 11 is 3.49. The van der Waals surface area contributed by atoms with Crippen molar-refractivity contribution in [1.29, 1.82) is 0 Å². The van der Waals surface area contributed by atoms with Crippen LogP contribution in [0.3, 0.4) is 0 Å². The van der Waals surface area contributed by atoms with E-state index in [-0.39, 0.29) is 0 Å². The number of aromatic nitrogens is 2. The van der Waals surface area contributed by atoms with Crippen molar-refractivity contribution < 1.29 is 4.74 Å². The second kappa shape index (κ2) is 4.35. The lowest BCUT2D eigenvalue weighted by atomic mass is 10.2. The number of imidazole rings is 1. The molecule has 1 aliphatic rings. The summed E-state index contributed by atoms with van der Waals surface area (Å²) in [5.41, 5.74) is 2.60. The standard InChI is InChI=1S/C14H17BrN2O/c1-14(5-6-14)9-18-8-13-16-11-4-3-10(15)7-12(11)17(13)2/h3-4,7H,5-6,8-9H2,1-2H3. The molecule has 1 heterocycles. The molecule has 0 saturated heterocycles. The van der Waals surface area contributed by atoms with Gasteiger partial charge < -0.3 is 9.30 Å². The molecular formula is C14H17BrN2O. The third-order valence-electron chi connectivity index (χ3n) is 3.72. The zero-order valence-electron chi connectivity index (χ0n) is 10.7. The third kappa shape index (κ3) is 2.31. The Morgan fingerprint density at radius 2 is 2.22 bits per heavy atom. The van der Waals surface area contributed by atoms with Gasteiger partial charge in [0.15, 0.2) is 0 Å². The van der Waals surface area contributed by atoms with Crippen molar-refractivity contribution in [2.24, 2.45) is 12.5 Å². The van der Waals surface area contributed by atoms with Gasteiger partial charge in [0, 0.05) is 11.5 Å². The molecule has 1 fully saturated rings. The van der Waals surface area contributed by atoms with E-state index in [1.165, 1.54) is 12.8 Å². The lowest BCUT2D eigenvalue weighted by molar-refractivity contribution is 0.0786. The van der Waals surface area contributed by atoms with E-state index in [1.807, 2.05) is 19.2 Å². The Balaban J connectivity index is 1.77. The van der Waals surface area contributed by atoms with Crippen LogP contribution in [0, 0.1) is 5.41 Å². The van der Waals surface area contributed by atoms with Crippen LogP contribution in [0.1, 0.15) is 25.6 Å². The monoisotopic (exact) mass is 308 g/mol. The van der Waals surface area contributed by atoms with E-state index in [4.69, 9.17) is 4.74 Å². The molecule has 1 aliphatic carbocycles. The predicted molar refractivity (Wildman–Crippen MR) is 75.4 cm³/mol. The molecule has 18 heavy (non-hydrogen) atoms. The minimum atomic E-state index is 0.438. The molecule has 3 rings (SSSR count). The second-order valence-corrected chi connectivity index (χ2v) is 6.44. The van der Waals surface area contributed by atoms with E-state index >= 15 is 0 Å². The van der Waals surface area contributed by atoms with E-state index in [9.17, 15) is 0 Å². The van der Waals surface area contributed by atoms with Crippen LogP contribution < -0.4 is 0 Å². The zero-order valence-corrected chi connectivity index (χ0v) is 12.3. The van der Waals surface area contributed by atoms with Crippen molar-refractivity contribution >= 4 is 27.0 Å². The van der Waals surface area contributed by atoms with Gasteiger partial charge in [-0.15, -0.1) is 0 Å². The molecule has 0 amide bonds. The van der Waals surface area contributed by atoms with Gasteiger partial charge in [-0.25, -0.2) is 4.98 Å². The molecule has 1 aromatic carbocycles. The summed E-state index contributed by atoms with van der Waals surface area (Å²) < 4.78 is 8.98. The van der Waals surface area contributed by atoms with Gasteiger partial charge >= 0.3 is 0 Å². The Labute approximate surface area is 115 Å². The first-order valence-corrected chi connectivity index (χ1v) is 7.05. The summed E-state index contributed by atoms with van der Waals surface area (Å²) in [4.78, 5) is 4.61. The van der Waals surface area contributed by atoms with E-state index in [1.54, 1.807) is 0 Å². The van der Waals surface area contributed by atoms with Gasteiger partial charge in [0.2, 0.25) is 0 Å². The van der Waals surface area contributed by atoms with E-state index in [0.717, 1.165) is 27.9 Å². The molecule has 3 nitrogen and oxygen atoms in total. The minimum Gasteiger partial charge on any atom is -0.373 e. The maximum absolute atomic E-state index is 5.79. The van der Waals surface area contributed by atoms with Gasteiger partial charge in [-0.3, -0.25) is 0 Å². The lowest BCUT2D eigenvalue weighted by Gasteiger charge is -2.09. The Hall–Kier alpha value is -0.870. The average molecular weight is 309 g/mol. The Morgan fingerprint density at radius 3 is 2.94 bits per heavy atom. The summed E-state index contributed by atoms with van der Waals surface area (Å²) in [7, 11) is 2.04. The van der Waals surface area contributed by atoms with Crippen LogP contribution in [0.5, 0.6) is 0 Å². The Kier molecular flexibility index (Phi) is 2.94. The first-order chi connectivity index (χ1) is 8.57. The minimum absolute atomic E-state index is 0.438. The lowest BCUT2D eigenvalue weighted by Crippen LogP contribution is -2.08. The van der Waals surface area contributed by atoms with E-state index in [2.05, 4.69) is 38.5 Å². The maximum Gasteiger partial charge on any atom is 0.135 e. The predicted octanol–water partition coefficient (Wildman–Crippen LogP) is 3.65. The highest BCUT2D eigenvalue weighted by atomic mass is 79.9. The summed E-state index contributed by atoms with van der Waals surface area (Å²) in [6.45, 7) is 3.72. The second-order valence-electron chi connectivity index (χ2n) is 5.52. The Morgan fingerprint density at radius 1 is 1.44 bits per heavy atom. The number of ether oxygens (including phenoxy) is 1. The van der Waals surface area contributed by atoms with Crippen LogP contribution in [0.2, 0.25) is 0 Å². The average Bonchev–Trinajstić information content (AvgIpc) is 2.99. The quantitative estimate of drug-likeness (QED) is 0.862. The fourth-order valence-corrected chi connectivity index (χ4v) is 2.44. The summed E-state index contributed by atoms with van der Waals surface area (Å²) in [5.74, 6) is 0.993. The molecule has 0 unspecified atom stereocenters. The normalized spacial score (nSPS) is 17.3. The van der Waals surface area contributed by atoms with Crippen LogP contribution in [0.25, 0.3) is 11.0 Å². The fraction of sp³-hybridized carbons (Fsp3) is 0.500. The molecule has 1 saturated carbocycles. The number of benzene rings is 1. The van der Waals surface area contributed by atoms with Gasteiger partial charge in [-0.05, 0) is 36.5 Å². The smallest absolute Gasteiger partial charge is 0.135 e. The summed E-state index contributed by atoms with van der Waals surface area (Å²) in [6, 6.07) is 6.14. The molecule has 2 aromatic rings. The van der Waals surface area contributed by atoms with E-state index < -0.39 is 0 Å². The number of hydrogen-bond acceptors (Lipinski definition) is 2. The van der Waals surface area contributed by atoms with Crippen molar-refractivity contribution in [3.8, 4) is 0 Å². The molecule has 0 spiro atoms. The van der Waals surface area contributed by atoms with E-state index in [0.29, 0.717) is 12.0 Å². The number of fused-ring (bicyclic) bond motifs is 1. The largest absolute Gasteiger partial charge is 0.373 e. The molecule has 0 radical (unpaired) electrons. The van der Waals surface area contributed by atoms with Crippen molar-refractivity contribution in [2.45, 2.75) is 26.4 Å². The van der Waals surface area contributed by atoms with Crippen LogP contribution in [-0.2, 0) is 18.4 Å². The fourth-order valence-electron chi connectivity index (χ4n) is 2.09. The molecule has 0 atom stereocenters. The SMILES string of the molecule is Cn1c(COCC2(C)CC2)nc2ccc(Br)cc21. The summed E-state index contributed by atoms with van der Waals surface area (Å²) in [5, 5.41) is 0. The molecule has 1 aromatic heterocycles. The highest BCUT2D eigenvalue weighted by Gasteiger charge is 2.37. The topological polar surface area (TPSA) is 27.1 Å². The molecular weight excluding hydrogens is 292 g/mol.